The van der Waals surface area contributed by atoms with Gasteiger partial charge in [0.05, 0.1) is 27.2 Å². The lowest BCUT2D eigenvalue weighted by atomic mass is 9.88. The van der Waals surface area contributed by atoms with Gasteiger partial charge in [0.2, 0.25) is 5.91 Å². The molecule has 1 amide bonds. The monoisotopic (exact) mass is 636 g/mol. The molecular formula is C36H52N2O6Si. The van der Waals surface area contributed by atoms with Crippen LogP contribution in [-0.2, 0) is 30.7 Å². The summed E-state index contributed by atoms with van der Waals surface area (Å²) < 4.78 is 10.7. The van der Waals surface area contributed by atoms with Gasteiger partial charge in [-0.1, -0.05) is 50.2 Å². The molecule has 2 atom stereocenters. The number of aromatic hydroxyl groups is 1. The minimum absolute atomic E-state index is 0.0178. The zero-order chi connectivity index (χ0) is 33.2. The summed E-state index contributed by atoms with van der Waals surface area (Å²) >= 11 is 0. The molecule has 3 rings (SSSR count). The number of hydrogen-bond donors (Lipinski definition) is 5. The summed E-state index contributed by atoms with van der Waals surface area (Å²) in [5.74, 6) is 1.51. The van der Waals surface area contributed by atoms with Crippen molar-refractivity contribution in [2.75, 3.05) is 27.3 Å². The molecule has 0 aliphatic carbocycles. The molecule has 0 aliphatic heterocycles. The summed E-state index contributed by atoms with van der Waals surface area (Å²) in [7, 11) is 0.765. The normalized spacial score (nSPS) is 13.3. The molecule has 0 fully saturated rings. The predicted octanol–water partition coefficient (Wildman–Crippen LogP) is 5.48. The molecule has 0 bridgehead atoms. The minimum Gasteiger partial charge on any atom is -0.508 e. The second-order valence-electron chi connectivity index (χ2n) is 13.2. The van der Waals surface area contributed by atoms with E-state index in [2.05, 4.69) is 43.5 Å². The molecule has 0 heterocycles. The molecule has 3 aromatic rings. The zero-order valence-corrected chi connectivity index (χ0v) is 28.9. The summed E-state index contributed by atoms with van der Waals surface area (Å²) in [4.78, 5) is 23.7. The summed E-state index contributed by atoms with van der Waals surface area (Å²) in [6.07, 6.45) is 2.57. The van der Waals surface area contributed by atoms with Gasteiger partial charge in [-0.25, -0.2) is 0 Å². The van der Waals surface area contributed by atoms with Crippen LogP contribution in [0.5, 0.6) is 17.2 Å². The molecule has 0 saturated carbocycles. The van der Waals surface area contributed by atoms with Crippen LogP contribution < -0.4 is 20.1 Å². The molecule has 0 spiro atoms. The van der Waals surface area contributed by atoms with Crippen LogP contribution in [0.2, 0.25) is 18.1 Å². The first-order valence-corrected chi connectivity index (χ1v) is 18.6. The Hall–Kier alpha value is -3.37. The van der Waals surface area contributed by atoms with Crippen molar-refractivity contribution < 1.29 is 29.3 Å². The highest BCUT2D eigenvalue weighted by Crippen LogP contribution is 2.44. The Morgan fingerprint density at radius 3 is 2.33 bits per heavy atom. The molecule has 9 heteroatoms. The van der Waals surface area contributed by atoms with Gasteiger partial charge in [0, 0.05) is 24.7 Å². The molecule has 0 unspecified atom stereocenters. The lowest BCUT2D eigenvalue weighted by Gasteiger charge is -2.38. The topological polar surface area (TPSA) is 120 Å². The molecule has 45 heavy (non-hydrogen) atoms. The van der Waals surface area contributed by atoms with Gasteiger partial charge >= 0.3 is 0 Å². The molecule has 0 aliphatic rings. The van der Waals surface area contributed by atoms with Crippen molar-refractivity contribution in [2.24, 2.45) is 0 Å². The van der Waals surface area contributed by atoms with Crippen LogP contribution in [0.15, 0.2) is 60.7 Å². The number of carbonyl (C=O) groups is 1. The number of aliphatic hydroxyl groups excluding tert-OH is 1. The van der Waals surface area contributed by atoms with Gasteiger partial charge in [0.15, 0.2) is 19.8 Å². The van der Waals surface area contributed by atoms with E-state index in [0.29, 0.717) is 43.0 Å². The molecule has 3 aromatic carbocycles. The Kier molecular flexibility index (Phi) is 13.0. The number of ether oxygens (including phenoxy) is 2. The van der Waals surface area contributed by atoms with Crippen LogP contribution in [0.25, 0.3) is 0 Å². The van der Waals surface area contributed by atoms with Crippen LogP contribution in [-0.4, -0.2) is 62.6 Å². The van der Waals surface area contributed by atoms with E-state index < -0.39 is 8.32 Å². The maximum atomic E-state index is 12.7. The number of methoxy groups -OCH3 is 2. The largest absolute Gasteiger partial charge is 0.508 e. The van der Waals surface area contributed by atoms with E-state index in [1.807, 2.05) is 55.6 Å². The van der Waals surface area contributed by atoms with Crippen LogP contribution >= 0.6 is 0 Å². The van der Waals surface area contributed by atoms with Crippen LogP contribution in [0.3, 0.4) is 0 Å². The van der Waals surface area contributed by atoms with Gasteiger partial charge in [-0.05, 0) is 96.8 Å². The lowest BCUT2D eigenvalue weighted by molar-refractivity contribution is -0.120. The number of phenols is 1. The Balaban J connectivity index is 1.58. The van der Waals surface area contributed by atoms with E-state index in [-0.39, 0.29) is 35.3 Å². The van der Waals surface area contributed by atoms with E-state index >= 15 is 0 Å². The number of carbonyl (C=O) groups excluding carboxylic acids is 1. The van der Waals surface area contributed by atoms with Gasteiger partial charge < -0.3 is 35.1 Å². The first-order valence-electron chi connectivity index (χ1n) is 15.7. The average Bonchev–Trinajstić information content (AvgIpc) is 2.99. The summed E-state index contributed by atoms with van der Waals surface area (Å²) in [5, 5.41) is 26.3. The smallest absolute Gasteiger partial charge is 0.224 e. The van der Waals surface area contributed by atoms with E-state index in [4.69, 9.17) is 9.47 Å². The molecule has 0 aromatic heterocycles. The number of hydrogen-bond acceptors (Lipinski definition) is 7. The highest BCUT2D eigenvalue weighted by molar-refractivity contribution is 6.72. The van der Waals surface area contributed by atoms with Crippen LogP contribution in [0, 0.1) is 0 Å². The highest BCUT2D eigenvalue weighted by Gasteiger charge is 2.40. The van der Waals surface area contributed by atoms with Gasteiger partial charge in [0.25, 0.3) is 0 Å². The maximum Gasteiger partial charge on any atom is 0.224 e. The molecular weight excluding hydrogens is 584 g/mol. The Morgan fingerprint density at radius 2 is 1.67 bits per heavy atom. The van der Waals surface area contributed by atoms with Crippen molar-refractivity contribution in [3.63, 3.8) is 0 Å². The van der Waals surface area contributed by atoms with Crippen molar-refractivity contribution in [2.45, 2.75) is 83.2 Å². The Bertz CT molecular complexity index is 1400. The SMILES string of the molecule is COc1ccc(CCNC(=O)Cc2cccc(C[C@@H](C)NC[C@H](CC(C)(C)[Si](C)(C)O)c3ccc(O)c(CO)c3)c2)cc1OC. The first kappa shape index (κ1) is 36.1. The van der Waals surface area contributed by atoms with Gasteiger partial charge in [-0.15, -0.1) is 0 Å². The van der Waals surface area contributed by atoms with Crippen molar-refractivity contribution in [3.8, 4) is 17.2 Å². The minimum atomic E-state index is -2.45. The third kappa shape index (κ3) is 10.6. The summed E-state index contributed by atoms with van der Waals surface area (Å²) in [6.45, 7) is 11.3. The van der Waals surface area contributed by atoms with Crippen molar-refractivity contribution in [3.05, 3.63) is 88.5 Å². The quantitative estimate of drug-likeness (QED) is 0.125. The number of benzene rings is 3. The maximum absolute atomic E-state index is 12.7. The molecule has 246 valence electrons. The second kappa shape index (κ2) is 16.3. The third-order valence-electron chi connectivity index (χ3n) is 8.95. The standard InChI is InChI=1S/C36H52N2O6Si/c1-25(38-23-31(22-36(2,3)45(6,7)42)29-12-13-32(40)30(21-29)24-39)17-27-9-8-10-28(18-27)20-35(41)37-16-15-26-11-14-33(43-4)34(19-26)44-5/h8-14,18-19,21,25,31,38-40,42H,15-17,20,22-24H2,1-7H3,(H,37,41)/t25-,31+/m1/s1. The average molecular weight is 637 g/mol. The van der Waals surface area contributed by atoms with E-state index in [1.54, 1.807) is 20.3 Å². The number of nitrogens with one attached hydrogen (secondary N) is 2. The zero-order valence-electron chi connectivity index (χ0n) is 27.9. The predicted molar refractivity (Wildman–Crippen MR) is 183 cm³/mol. The second-order valence-corrected chi connectivity index (χ2v) is 17.7. The molecule has 0 radical (unpaired) electrons. The number of rotatable bonds is 17. The van der Waals surface area contributed by atoms with Crippen molar-refractivity contribution in [1.82, 2.24) is 10.6 Å². The molecule has 5 N–H and O–H groups in total. The van der Waals surface area contributed by atoms with Crippen LogP contribution in [0.4, 0.5) is 0 Å². The Labute approximate surface area is 269 Å². The molecule has 0 saturated heterocycles. The van der Waals surface area contributed by atoms with Crippen LogP contribution in [0.1, 0.15) is 60.9 Å². The van der Waals surface area contributed by atoms with E-state index in [0.717, 1.165) is 35.1 Å². The van der Waals surface area contributed by atoms with Gasteiger partial charge in [0.1, 0.15) is 5.75 Å². The summed E-state index contributed by atoms with van der Waals surface area (Å²) in [6, 6.07) is 19.5. The number of amides is 1. The fourth-order valence-corrected chi connectivity index (χ4v) is 6.17. The first-order chi connectivity index (χ1) is 21.3. The van der Waals surface area contributed by atoms with Gasteiger partial charge in [-0.3, -0.25) is 4.79 Å². The lowest BCUT2D eigenvalue weighted by Crippen LogP contribution is -2.41. The summed E-state index contributed by atoms with van der Waals surface area (Å²) in [5.41, 5.74) is 4.72. The third-order valence-corrected chi connectivity index (χ3v) is 12.5. The van der Waals surface area contributed by atoms with Crippen molar-refractivity contribution >= 4 is 14.2 Å². The fourth-order valence-electron chi connectivity index (χ4n) is 5.43. The van der Waals surface area contributed by atoms with Gasteiger partial charge in [-0.2, -0.15) is 0 Å². The van der Waals surface area contributed by atoms with E-state index in [1.165, 1.54) is 0 Å². The van der Waals surface area contributed by atoms with E-state index in [9.17, 15) is 19.8 Å². The molecule has 8 nitrogen and oxygen atoms in total. The Morgan fingerprint density at radius 1 is 0.956 bits per heavy atom. The van der Waals surface area contributed by atoms with Crippen molar-refractivity contribution in [1.29, 1.82) is 0 Å². The highest BCUT2D eigenvalue weighted by atomic mass is 28.4. The fraction of sp³-hybridized carbons (Fsp3) is 0.472. The number of aliphatic hydroxyl groups is 1.